The Bertz CT molecular complexity index is 362. The molecule has 0 saturated heterocycles. The first kappa shape index (κ1) is 25.1. The molecule has 124 valence electrons. The number of hydrogen-bond acceptors (Lipinski definition) is 1. The van der Waals surface area contributed by atoms with Gasteiger partial charge in [0.05, 0.1) is 0 Å². The summed E-state index contributed by atoms with van der Waals surface area (Å²) in [7, 11) is 0. The Morgan fingerprint density at radius 2 is 0.909 bits per heavy atom. The van der Waals surface area contributed by atoms with Crippen LogP contribution in [0.5, 0.6) is 0 Å². The van der Waals surface area contributed by atoms with E-state index in [0.717, 1.165) is 6.42 Å². The van der Waals surface area contributed by atoms with Crippen molar-refractivity contribution < 1.29 is 4.79 Å². The van der Waals surface area contributed by atoms with Crippen LogP contribution >= 0.6 is 0 Å². The number of benzene rings is 2. The van der Waals surface area contributed by atoms with E-state index in [1.165, 1.54) is 19.4 Å². The third kappa shape index (κ3) is 26.6. The molecule has 0 saturated carbocycles. The lowest BCUT2D eigenvalue weighted by Crippen LogP contribution is -1.73. The van der Waals surface area contributed by atoms with E-state index in [4.69, 9.17) is 0 Å². The second-order valence-corrected chi connectivity index (χ2v) is 3.90. The lowest BCUT2D eigenvalue weighted by Gasteiger charge is -1.89. The van der Waals surface area contributed by atoms with E-state index in [-0.39, 0.29) is 5.78 Å². The summed E-state index contributed by atoms with van der Waals surface area (Å²) < 4.78 is 0. The molecule has 0 aromatic heterocycles. The Hall–Kier alpha value is -1.89. The minimum Gasteiger partial charge on any atom is -0.300 e. The zero-order chi connectivity index (χ0) is 17.6. The minimum atomic E-state index is 0.167. The first-order chi connectivity index (χ1) is 10.7. The maximum atomic E-state index is 9.44. The van der Waals surface area contributed by atoms with E-state index in [9.17, 15) is 4.79 Å². The molecule has 0 atom stereocenters. The molecule has 0 aliphatic rings. The third-order valence-corrected chi connectivity index (χ3v) is 1.92. The third-order valence-electron chi connectivity index (χ3n) is 1.92. The fraction of sp³-hybridized carbons (Fsp3) is 0.381. The molecule has 0 N–H and O–H groups in total. The highest BCUT2D eigenvalue weighted by atomic mass is 16.1. The van der Waals surface area contributed by atoms with Crippen LogP contribution in [0.4, 0.5) is 0 Å². The molecule has 2 aromatic rings. The second-order valence-electron chi connectivity index (χ2n) is 3.90. The molecule has 2 aromatic carbocycles. The first-order valence-electron chi connectivity index (χ1n) is 8.18. The van der Waals surface area contributed by atoms with Crippen LogP contribution < -0.4 is 0 Å². The number of rotatable bonds is 1. The number of Topliss-reactive ketones (excluding diaryl/α,β-unsaturated/α-hetero) is 1. The van der Waals surface area contributed by atoms with Crippen LogP contribution in [-0.2, 0) is 11.2 Å². The zero-order valence-electron chi connectivity index (χ0n) is 15.5. The molecular formula is C21H34O. The molecule has 0 aliphatic carbocycles. The van der Waals surface area contributed by atoms with Crippen LogP contribution in [0.1, 0.15) is 54.0 Å². The van der Waals surface area contributed by atoms with E-state index >= 15 is 0 Å². The van der Waals surface area contributed by atoms with Gasteiger partial charge in [-0.25, -0.2) is 0 Å². The smallest absolute Gasteiger partial charge is 0.126 e. The molecule has 0 aliphatic heterocycles. The normalized spacial score (nSPS) is 7.23. The Kier molecular flexibility index (Phi) is 27.5. The summed E-state index contributed by atoms with van der Waals surface area (Å²) in [5.74, 6) is 0.167. The monoisotopic (exact) mass is 302 g/mol. The van der Waals surface area contributed by atoms with E-state index in [1.807, 2.05) is 70.2 Å². The van der Waals surface area contributed by atoms with Gasteiger partial charge in [-0.05, 0) is 25.8 Å². The van der Waals surface area contributed by atoms with Crippen molar-refractivity contribution in [2.75, 3.05) is 0 Å². The number of ketones is 1. The minimum absolute atomic E-state index is 0.167. The summed E-state index contributed by atoms with van der Waals surface area (Å²) in [5, 5.41) is 0. The molecule has 0 radical (unpaired) electrons. The summed E-state index contributed by atoms with van der Waals surface area (Å²) in [5.41, 5.74) is 1.41. The molecule has 22 heavy (non-hydrogen) atoms. The van der Waals surface area contributed by atoms with Crippen LogP contribution in [0.15, 0.2) is 66.7 Å². The van der Waals surface area contributed by atoms with Crippen LogP contribution in [0, 0.1) is 0 Å². The lowest BCUT2D eigenvalue weighted by molar-refractivity contribution is -0.114. The molecule has 0 spiro atoms. The predicted octanol–water partition coefficient (Wildman–Crippen LogP) is 6.58. The summed E-state index contributed by atoms with van der Waals surface area (Å²) in [6, 6.07) is 22.5. The molecule has 1 nitrogen and oxygen atoms in total. The molecular weight excluding hydrogens is 268 g/mol. The highest BCUT2D eigenvalue weighted by molar-refractivity contribution is 5.72. The van der Waals surface area contributed by atoms with Crippen molar-refractivity contribution in [2.45, 2.75) is 54.9 Å². The van der Waals surface area contributed by atoms with E-state index < -0.39 is 0 Å². The van der Waals surface area contributed by atoms with Crippen molar-refractivity contribution in [3.8, 4) is 0 Å². The van der Waals surface area contributed by atoms with Crippen molar-refractivity contribution >= 4 is 5.78 Å². The van der Waals surface area contributed by atoms with Gasteiger partial charge in [0.15, 0.2) is 0 Å². The predicted molar refractivity (Wildman–Crippen MR) is 101 cm³/mol. The van der Waals surface area contributed by atoms with Crippen molar-refractivity contribution in [3.63, 3.8) is 0 Å². The summed E-state index contributed by atoms with van der Waals surface area (Å²) >= 11 is 0. The van der Waals surface area contributed by atoms with Crippen LogP contribution in [0.2, 0.25) is 0 Å². The Balaban J connectivity index is -0.000000230. The second kappa shape index (κ2) is 24.1. The maximum Gasteiger partial charge on any atom is 0.126 e. The van der Waals surface area contributed by atoms with Crippen LogP contribution in [-0.4, -0.2) is 5.78 Å². The van der Waals surface area contributed by atoms with Gasteiger partial charge in [-0.1, -0.05) is 101 Å². The van der Waals surface area contributed by atoms with Gasteiger partial charge in [0.1, 0.15) is 5.78 Å². The van der Waals surface area contributed by atoms with Gasteiger partial charge < -0.3 is 4.79 Å². The number of carbonyl (C=O) groups is 1. The molecule has 0 fully saturated rings. The standard InChI is InChI=1S/C8H10.C6H6.C3H6O.2C2H6/c1-2-8-6-4-3-5-7-8;1-2-4-6-5-3-1;1-3(2)4;2*1-2/h3-7H,2H2,1H3;1-6H;1-2H3;2*1-2H3. The van der Waals surface area contributed by atoms with Gasteiger partial charge in [-0.15, -0.1) is 0 Å². The SMILES string of the molecule is CC.CC.CC(C)=O.CCc1ccccc1.c1ccccc1. The average Bonchev–Trinajstić information content (AvgIpc) is 2.61. The maximum absolute atomic E-state index is 9.44. The van der Waals surface area contributed by atoms with Crippen molar-refractivity contribution in [1.29, 1.82) is 0 Å². The molecule has 0 bridgehead atoms. The molecule has 0 amide bonds. The lowest BCUT2D eigenvalue weighted by atomic mass is 10.2. The van der Waals surface area contributed by atoms with Crippen molar-refractivity contribution in [1.82, 2.24) is 0 Å². The Labute approximate surface area is 138 Å². The highest BCUT2D eigenvalue weighted by Gasteiger charge is 1.79. The van der Waals surface area contributed by atoms with E-state index in [1.54, 1.807) is 0 Å². The summed E-state index contributed by atoms with van der Waals surface area (Å²) in [6.45, 7) is 13.2. The zero-order valence-corrected chi connectivity index (χ0v) is 15.5. The molecule has 0 heterocycles. The number of aryl methyl sites for hydroxylation is 1. The molecule has 2 rings (SSSR count). The first-order valence-corrected chi connectivity index (χ1v) is 8.18. The fourth-order valence-corrected chi connectivity index (χ4v) is 1.10. The van der Waals surface area contributed by atoms with Gasteiger partial charge in [-0.3, -0.25) is 0 Å². The number of carbonyl (C=O) groups excluding carboxylic acids is 1. The van der Waals surface area contributed by atoms with Gasteiger partial charge in [0.25, 0.3) is 0 Å². The fourth-order valence-electron chi connectivity index (χ4n) is 1.10. The molecule has 0 unspecified atom stereocenters. The van der Waals surface area contributed by atoms with Gasteiger partial charge in [-0.2, -0.15) is 0 Å². The number of hydrogen-bond donors (Lipinski definition) is 0. The highest BCUT2D eigenvalue weighted by Crippen LogP contribution is 1.96. The quantitative estimate of drug-likeness (QED) is 0.581. The van der Waals surface area contributed by atoms with Gasteiger partial charge >= 0.3 is 0 Å². The average molecular weight is 303 g/mol. The van der Waals surface area contributed by atoms with Crippen LogP contribution in [0.3, 0.4) is 0 Å². The van der Waals surface area contributed by atoms with Gasteiger partial charge in [0, 0.05) is 0 Å². The summed E-state index contributed by atoms with van der Waals surface area (Å²) in [6.07, 6.45) is 1.14. The Morgan fingerprint density at radius 3 is 1.09 bits per heavy atom. The van der Waals surface area contributed by atoms with E-state index in [0.29, 0.717) is 0 Å². The molecule has 1 heteroatoms. The topological polar surface area (TPSA) is 17.1 Å². The Morgan fingerprint density at radius 1 is 0.682 bits per heavy atom. The van der Waals surface area contributed by atoms with Crippen molar-refractivity contribution in [2.24, 2.45) is 0 Å². The van der Waals surface area contributed by atoms with Crippen LogP contribution in [0.25, 0.3) is 0 Å². The summed E-state index contributed by atoms with van der Waals surface area (Å²) in [4.78, 5) is 9.44. The van der Waals surface area contributed by atoms with E-state index in [2.05, 4.69) is 31.2 Å². The van der Waals surface area contributed by atoms with Gasteiger partial charge in [0.2, 0.25) is 0 Å². The largest absolute Gasteiger partial charge is 0.300 e. The van der Waals surface area contributed by atoms with Crippen molar-refractivity contribution in [3.05, 3.63) is 72.3 Å².